The van der Waals surface area contributed by atoms with Crippen molar-refractivity contribution >= 4 is 0 Å². The number of hydrogen-bond donors (Lipinski definition) is 0. The first kappa shape index (κ1) is 10.8. The van der Waals surface area contributed by atoms with Gasteiger partial charge in [0.2, 0.25) is 0 Å². The molecule has 1 aromatic rings. The predicted molar refractivity (Wildman–Crippen MR) is 40.7 cm³/mol. The van der Waals surface area contributed by atoms with Gasteiger partial charge in [0.1, 0.15) is 0 Å². The first-order valence-electron chi connectivity index (χ1n) is 3.33. The predicted octanol–water partition coefficient (Wildman–Crippen LogP) is -0.802. The molecule has 0 aliphatic carbocycles. The van der Waals surface area contributed by atoms with Crippen molar-refractivity contribution in [1.82, 2.24) is 0 Å². The van der Waals surface area contributed by atoms with E-state index < -0.39 is 0 Å². The number of benzene rings is 1. The van der Waals surface area contributed by atoms with Crippen LogP contribution in [0.2, 0.25) is 0 Å². The Hall–Kier alpha value is -0.223. The second-order valence-electron chi connectivity index (χ2n) is 2.21. The van der Waals surface area contributed by atoms with Crippen LogP contribution in [0.4, 0.5) is 0 Å². The summed E-state index contributed by atoms with van der Waals surface area (Å²) in [5.74, 6) is 0. The molecule has 0 bridgehead atoms. The van der Waals surface area contributed by atoms with Gasteiger partial charge in [-0.05, 0) is 6.92 Å². The standard InChI is InChI=1S/C9H11O.Li/c1-8(10-2)9-6-4-3-5-7-9;/h3-4,6-8H,1-2H3;/q-1;+1/t8-;/m0./s1. The molecule has 0 aliphatic heterocycles. The molecule has 0 saturated carbocycles. The van der Waals surface area contributed by atoms with Gasteiger partial charge in [-0.2, -0.15) is 30.3 Å². The summed E-state index contributed by atoms with van der Waals surface area (Å²) in [6.45, 7) is 2.02. The van der Waals surface area contributed by atoms with Gasteiger partial charge in [-0.3, -0.25) is 0 Å². The summed E-state index contributed by atoms with van der Waals surface area (Å²) in [4.78, 5) is 0. The number of hydrogen-bond acceptors (Lipinski definition) is 1. The van der Waals surface area contributed by atoms with Gasteiger partial charge in [0.25, 0.3) is 0 Å². The second kappa shape index (κ2) is 5.43. The van der Waals surface area contributed by atoms with Gasteiger partial charge in [0.05, 0.1) is 0 Å². The van der Waals surface area contributed by atoms with Crippen molar-refractivity contribution in [1.29, 1.82) is 0 Å². The van der Waals surface area contributed by atoms with Gasteiger partial charge in [0, 0.05) is 13.2 Å². The van der Waals surface area contributed by atoms with Crippen LogP contribution < -0.4 is 18.9 Å². The summed E-state index contributed by atoms with van der Waals surface area (Å²) >= 11 is 0. The number of ether oxygens (including phenoxy) is 1. The topological polar surface area (TPSA) is 9.23 Å². The maximum Gasteiger partial charge on any atom is 1.00 e. The minimum atomic E-state index is 0. The third-order valence-corrected chi connectivity index (χ3v) is 1.55. The molecule has 1 aromatic carbocycles. The largest absolute Gasteiger partial charge is 1.00 e. The third-order valence-electron chi connectivity index (χ3n) is 1.55. The van der Waals surface area contributed by atoms with E-state index in [1.807, 2.05) is 31.2 Å². The Morgan fingerprint density at radius 3 is 2.73 bits per heavy atom. The summed E-state index contributed by atoms with van der Waals surface area (Å²) in [5.41, 5.74) is 1.17. The zero-order valence-electron chi connectivity index (χ0n) is 7.29. The molecule has 0 fully saturated rings. The van der Waals surface area contributed by atoms with Crippen LogP contribution in [-0.2, 0) is 4.74 Å². The van der Waals surface area contributed by atoms with Crippen LogP contribution in [0.15, 0.2) is 24.3 Å². The van der Waals surface area contributed by atoms with E-state index in [1.165, 1.54) is 5.56 Å². The van der Waals surface area contributed by atoms with Crippen molar-refractivity contribution in [2.75, 3.05) is 7.11 Å². The normalized spacial score (nSPS) is 11.8. The average molecular weight is 142 g/mol. The molecule has 0 aliphatic rings. The van der Waals surface area contributed by atoms with Gasteiger partial charge in [-0.25, -0.2) is 0 Å². The Morgan fingerprint density at radius 1 is 1.55 bits per heavy atom. The van der Waals surface area contributed by atoms with Gasteiger partial charge >= 0.3 is 18.9 Å². The van der Waals surface area contributed by atoms with Crippen LogP contribution in [-0.4, -0.2) is 7.11 Å². The molecule has 1 atom stereocenters. The molecule has 0 unspecified atom stereocenters. The zero-order valence-corrected chi connectivity index (χ0v) is 7.29. The summed E-state index contributed by atoms with van der Waals surface area (Å²) in [6.07, 6.45) is 0.178. The molecule has 0 heterocycles. The van der Waals surface area contributed by atoms with Gasteiger partial charge < -0.3 is 4.74 Å². The molecular weight excluding hydrogens is 131 g/mol. The monoisotopic (exact) mass is 142 g/mol. The Kier molecular flexibility index (Phi) is 5.32. The molecule has 0 radical (unpaired) electrons. The number of rotatable bonds is 2. The van der Waals surface area contributed by atoms with E-state index in [2.05, 4.69) is 6.07 Å². The molecule has 2 heteroatoms. The Labute approximate surface area is 79.9 Å². The first-order valence-corrected chi connectivity index (χ1v) is 3.33. The van der Waals surface area contributed by atoms with E-state index in [9.17, 15) is 0 Å². The summed E-state index contributed by atoms with van der Waals surface area (Å²) in [7, 11) is 1.71. The molecule has 54 valence electrons. The molecule has 0 aromatic heterocycles. The maximum atomic E-state index is 5.12. The summed E-state index contributed by atoms with van der Waals surface area (Å²) in [5, 5.41) is 0. The van der Waals surface area contributed by atoms with Crippen LogP contribution in [0.5, 0.6) is 0 Å². The molecule has 0 spiro atoms. The van der Waals surface area contributed by atoms with E-state index in [0.717, 1.165) is 0 Å². The maximum absolute atomic E-state index is 5.12. The van der Waals surface area contributed by atoms with E-state index in [-0.39, 0.29) is 25.0 Å². The fourth-order valence-electron chi connectivity index (χ4n) is 0.796. The molecule has 0 amide bonds. The van der Waals surface area contributed by atoms with E-state index >= 15 is 0 Å². The quantitative estimate of drug-likeness (QED) is 0.388. The van der Waals surface area contributed by atoms with Crippen molar-refractivity contribution in [3.05, 3.63) is 35.9 Å². The van der Waals surface area contributed by atoms with Gasteiger partial charge in [-0.15, -0.1) is 5.56 Å². The van der Waals surface area contributed by atoms with Gasteiger partial charge in [-0.1, -0.05) is 0 Å². The molecular formula is C9H11LiO. The van der Waals surface area contributed by atoms with Crippen LogP contribution in [0.3, 0.4) is 0 Å². The third kappa shape index (κ3) is 3.12. The van der Waals surface area contributed by atoms with Gasteiger partial charge in [0.15, 0.2) is 0 Å². The molecule has 1 rings (SSSR count). The Morgan fingerprint density at radius 2 is 2.27 bits per heavy atom. The zero-order chi connectivity index (χ0) is 7.40. The SMILES string of the molecule is CO[C@@H](C)c1c[c-]ccc1.[Li+]. The molecule has 0 saturated heterocycles. The van der Waals surface area contributed by atoms with E-state index in [1.54, 1.807) is 7.11 Å². The molecule has 11 heavy (non-hydrogen) atoms. The molecule has 0 N–H and O–H groups in total. The van der Waals surface area contributed by atoms with E-state index in [0.29, 0.717) is 0 Å². The minimum absolute atomic E-state index is 0. The van der Waals surface area contributed by atoms with Crippen LogP contribution in [0, 0.1) is 6.07 Å². The Balaban J connectivity index is 0.000001000. The van der Waals surface area contributed by atoms with Crippen molar-refractivity contribution < 1.29 is 23.6 Å². The van der Waals surface area contributed by atoms with Crippen LogP contribution in [0.1, 0.15) is 18.6 Å². The summed E-state index contributed by atoms with van der Waals surface area (Å²) < 4.78 is 5.12. The molecule has 1 nitrogen and oxygen atoms in total. The van der Waals surface area contributed by atoms with E-state index in [4.69, 9.17) is 4.74 Å². The fourth-order valence-corrected chi connectivity index (χ4v) is 0.796. The number of methoxy groups -OCH3 is 1. The van der Waals surface area contributed by atoms with Crippen LogP contribution in [0.25, 0.3) is 0 Å². The minimum Gasteiger partial charge on any atom is -0.389 e. The first-order chi connectivity index (χ1) is 4.84. The van der Waals surface area contributed by atoms with Crippen LogP contribution >= 0.6 is 0 Å². The second-order valence-corrected chi connectivity index (χ2v) is 2.21. The van der Waals surface area contributed by atoms with Crippen molar-refractivity contribution in [3.8, 4) is 0 Å². The Bertz CT molecular complexity index is 186. The summed E-state index contributed by atoms with van der Waals surface area (Å²) in [6, 6.07) is 10.8. The van der Waals surface area contributed by atoms with Crippen molar-refractivity contribution in [2.24, 2.45) is 0 Å². The van der Waals surface area contributed by atoms with Crippen molar-refractivity contribution in [2.45, 2.75) is 13.0 Å². The van der Waals surface area contributed by atoms with Crippen molar-refractivity contribution in [3.63, 3.8) is 0 Å². The average Bonchev–Trinajstić information content (AvgIpc) is 2.05. The smallest absolute Gasteiger partial charge is 0.389 e. The fraction of sp³-hybridized carbons (Fsp3) is 0.333.